The van der Waals surface area contributed by atoms with E-state index in [0.29, 0.717) is 0 Å². The molecule has 2 amide bonds. The third-order valence-corrected chi connectivity index (χ3v) is 1.82. The Labute approximate surface area is 88.5 Å². The molecular weight excluding hydrogens is 192 g/mol. The van der Waals surface area contributed by atoms with Crippen LogP contribution in [0.4, 0.5) is 0 Å². The molecule has 4 heteroatoms. The molecule has 0 aliphatic rings. The Hall–Kier alpha value is -1.84. The van der Waals surface area contributed by atoms with Gasteiger partial charge in [0, 0.05) is 13.3 Å². The van der Waals surface area contributed by atoms with Gasteiger partial charge in [0.15, 0.2) is 0 Å². The predicted molar refractivity (Wildman–Crippen MR) is 56.6 cm³/mol. The summed E-state index contributed by atoms with van der Waals surface area (Å²) in [6.07, 6.45) is 1.61. The highest BCUT2D eigenvalue weighted by Crippen LogP contribution is 2.05. The van der Waals surface area contributed by atoms with Gasteiger partial charge in [0.05, 0.1) is 0 Å². The molecule has 4 nitrogen and oxygen atoms in total. The van der Waals surface area contributed by atoms with Crippen LogP contribution >= 0.6 is 0 Å². The maximum Gasteiger partial charge on any atom is 0.240 e. The molecule has 0 spiro atoms. The second kappa shape index (κ2) is 5.14. The van der Waals surface area contributed by atoms with Gasteiger partial charge >= 0.3 is 0 Å². The van der Waals surface area contributed by atoms with E-state index in [9.17, 15) is 9.59 Å². The highest BCUT2D eigenvalue weighted by atomic mass is 16.2. The van der Waals surface area contributed by atoms with Crippen molar-refractivity contribution in [2.75, 3.05) is 0 Å². The van der Waals surface area contributed by atoms with Crippen molar-refractivity contribution in [2.45, 2.75) is 13.0 Å². The average Bonchev–Trinajstić information content (AvgIpc) is 2.17. The number of nitrogens with two attached hydrogens (primary N) is 1. The SMILES string of the molecule is CC(=O)NC([CH]c1ccccc1)C(N)=O. The van der Waals surface area contributed by atoms with Crippen LogP contribution in [0, 0.1) is 6.42 Å². The minimum Gasteiger partial charge on any atom is -0.368 e. The quantitative estimate of drug-likeness (QED) is 0.738. The standard InChI is InChI=1S/C11H13N2O2/c1-8(14)13-10(11(12)15)7-9-5-3-2-4-6-9/h2-7,10H,1H3,(H2,12,15)(H,13,14). The number of amides is 2. The first-order valence-electron chi connectivity index (χ1n) is 4.56. The van der Waals surface area contributed by atoms with Crippen LogP contribution in [0.15, 0.2) is 30.3 Å². The topological polar surface area (TPSA) is 72.2 Å². The monoisotopic (exact) mass is 205 g/mol. The number of carbonyl (C=O) groups excluding carboxylic acids is 2. The Bertz CT molecular complexity index is 349. The zero-order valence-electron chi connectivity index (χ0n) is 8.44. The molecule has 0 heterocycles. The summed E-state index contributed by atoms with van der Waals surface area (Å²) in [4.78, 5) is 21.8. The summed E-state index contributed by atoms with van der Waals surface area (Å²) in [5.74, 6) is -0.861. The Morgan fingerprint density at radius 1 is 1.33 bits per heavy atom. The summed E-state index contributed by atoms with van der Waals surface area (Å²) in [5, 5.41) is 2.46. The summed E-state index contributed by atoms with van der Waals surface area (Å²) >= 11 is 0. The molecule has 1 aromatic carbocycles. The molecule has 3 N–H and O–H groups in total. The lowest BCUT2D eigenvalue weighted by Gasteiger charge is -2.13. The van der Waals surface area contributed by atoms with Gasteiger partial charge < -0.3 is 11.1 Å². The van der Waals surface area contributed by atoms with E-state index in [0.717, 1.165) is 5.56 Å². The molecule has 0 aliphatic carbocycles. The zero-order chi connectivity index (χ0) is 11.3. The number of primary amides is 1. The zero-order valence-corrected chi connectivity index (χ0v) is 8.44. The molecule has 1 aromatic rings. The molecule has 79 valence electrons. The van der Waals surface area contributed by atoms with E-state index < -0.39 is 11.9 Å². The van der Waals surface area contributed by atoms with Gasteiger partial charge in [0.1, 0.15) is 6.04 Å². The van der Waals surface area contributed by atoms with Crippen LogP contribution in [0.5, 0.6) is 0 Å². The van der Waals surface area contributed by atoms with Crippen molar-refractivity contribution in [1.29, 1.82) is 0 Å². The average molecular weight is 205 g/mol. The van der Waals surface area contributed by atoms with Gasteiger partial charge in [-0.3, -0.25) is 9.59 Å². The molecule has 1 radical (unpaired) electrons. The van der Waals surface area contributed by atoms with E-state index >= 15 is 0 Å². The van der Waals surface area contributed by atoms with E-state index in [2.05, 4.69) is 5.32 Å². The molecule has 0 fully saturated rings. The van der Waals surface area contributed by atoms with E-state index in [-0.39, 0.29) is 5.91 Å². The summed E-state index contributed by atoms with van der Waals surface area (Å²) in [5.41, 5.74) is 5.99. The van der Waals surface area contributed by atoms with Crippen molar-refractivity contribution in [1.82, 2.24) is 5.32 Å². The molecule has 0 bridgehead atoms. The second-order valence-corrected chi connectivity index (χ2v) is 3.16. The fraction of sp³-hybridized carbons (Fsp3) is 0.182. The molecule has 15 heavy (non-hydrogen) atoms. The van der Waals surface area contributed by atoms with Gasteiger partial charge in [0.25, 0.3) is 0 Å². The van der Waals surface area contributed by atoms with Crippen LogP contribution in [0.25, 0.3) is 0 Å². The van der Waals surface area contributed by atoms with Gasteiger partial charge in [-0.25, -0.2) is 0 Å². The Morgan fingerprint density at radius 2 is 1.93 bits per heavy atom. The third-order valence-electron chi connectivity index (χ3n) is 1.82. The van der Waals surface area contributed by atoms with E-state index in [4.69, 9.17) is 5.73 Å². The first kappa shape index (κ1) is 11.2. The fourth-order valence-electron chi connectivity index (χ4n) is 1.17. The van der Waals surface area contributed by atoms with Crippen molar-refractivity contribution in [3.8, 4) is 0 Å². The number of benzene rings is 1. The first-order chi connectivity index (χ1) is 7.09. The van der Waals surface area contributed by atoms with Crippen LogP contribution in [0.2, 0.25) is 0 Å². The van der Waals surface area contributed by atoms with Crippen LogP contribution < -0.4 is 11.1 Å². The Balaban J connectivity index is 2.67. The number of hydrogen-bond donors (Lipinski definition) is 2. The van der Waals surface area contributed by atoms with E-state index in [1.165, 1.54) is 6.92 Å². The van der Waals surface area contributed by atoms with E-state index in [1.54, 1.807) is 6.42 Å². The number of hydrogen-bond acceptors (Lipinski definition) is 2. The number of nitrogens with one attached hydrogen (secondary N) is 1. The smallest absolute Gasteiger partial charge is 0.240 e. The Morgan fingerprint density at radius 3 is 2.40 bits per heavy atom. The minimum atomic E-state index is -0.759. The number of carbonyl (C=O) groups is 2. The van der Waals surface area contributed by atoms with Gasteiger partial charge in [-0.2, -0.15) is 0 Å². The highest BCUT2D eigenvalue weighted by Gasteiger charge is 2.16. The van der Waals surface area contributed by atoms with Crippen LogP contribution in [-0.2, 0) is 9.59 Å². The molecule has 0 aliphatic heterocycles. The molecule has 0 saturated carbocycles. The van der Waals surface area contributed by atoms with E-state index in [1.807, 2.05) is 30.3 Å². The van der Waals surface area contributed by atoms with Gasteiger partial charge in [-0.15, -0.1) is 0 Å². The second-order valence-electron chi connectivity index (χ2n) is 3.16. The summed E-state index contributed by atoms with van der Waals surface area (Å²) in [7, 11) is 0. The molecular formula is C11H13N2O2. The lowest BCUT2D eigenvalue weighted by Crippen LogP contribution is -2.44. The van der Waals surface area contributed by atoms with Crippen LogP contribution in [0.1, 0.15) is 12.5 Å². The predicted octanol–water partition coefficient (Wildman–Crippen LogP) is 0.229. The maximum atomic E-state index is 11.0. The molecule has 1 rings (SSSR count). The minimum absolute atomic E-state index is 0.286. The Kier molecular flexibility index (Phi) is 3.85. The van der Waals surface area contributed by atoms with Crippen LogP contribution in [-0.4, -0.2) is 17.9 Å². The lowest BCUT2D eigenvalue weighted by atomic mass is 10.1. The normalized spacial score (nSPS) is 11.8. The largest absolute Gasteiger partial charge is 0.368 e. The van der Waals surface area contributed by atoms with Crippen molar-refractivity contribution in [3.63, 3.8) is 0 Å². The molecule has 1 unspecified atom stereocenters. The molecule has 1 atom stereocenters. The third kappa shape index (κ3) is 3.81. The first-order valence-corrected chi connectivity index (χ1v) is 4.56. The van der Waals surface area contributed by atoms with Gasteiger partial charge in [-0.05, 0) is 5.56 Å². The van der Waals surface area contributed by atoms with Gasteiger partial charge in [-0.1, -0.05) is 30.3 Å². The van der Waals surface area contributed by atoms with Crippen molar-refractivity contribution < 1.29 is 9.59 Å². The fourth-order valence-corrected chi connectivity index (χ4v) is 1.17. The van der Waals surface area contributed by atoms with Crippen LogP contribution in [0.3, 0.4) is 0 Å². The molecule has 0 aromatic heterocycles. The van der Waals surface area contributed by atoms with Gasteiger partial charge in [0.2, 0.25) is 11.8 Å². The van der Waals surface area contributed by atoms with Crippen molar-refractivity contribution in [2.24, 2.45) is 5.73 Å². The van der Waals surface area contributed by atoms with Crippen molar-refractivity contribution in [3.05, 3.63) is 42.3 Å². The molecule has 0 saturated heterocycles. The summed E-state index contributed by atoms with van der Waals surface area (Å²) in [6.45, 7) is 1.34. The highest BCUT2D eigenvalue weighted by molar-refractivity contribution is 5.87. The summed E-state index contributed by atoms with van der Waals surface area (Å²) < 4.78 is 0. The summed E-state index contributed by atoms with van der Waals surface area (Å²) in [6, 6.07) is 8.46. The van der Waals surface area contributed by atoms with Crippen molar-refractivity contribution >= 4 is 11.8 Å². The number of rotatable bonds is 4. The maximum absolute atomic E-state index is 11.0. The lowest BCUT2D eigenvalue weighted by molar-refractivity contribution is -0.125.